The number of rotatable bonds is 9. The fourth-order valence-corrected chi connectivity index (χ4v) is 3.35. The Labute approximate surface area is 152 Å². The molecular formula is C19H36N4O2. The van der Waals surface area contributed by atoms with Gasteiger partial charge in [-0.15, -0.1) is 0 Å². The molecule has 0 heterocycles. The van der Waals surface area contributed by atoms with E-state index in [2.05, 4.69) is 20.9 Å². The summed E-state index contributed by atoms with van der Waals surface area (Å²) in [4.78, 5) is 15.9. The van der Waals surface area contributed by atoms with Gasteiger partial charge in [0, 0.05) is 32.6 Å². The van der Waals surface area contributed by atoms with Gasteiger partial charge in [0.15, 0.2) is 5.96 Å². The van der Waals surface area contributed by atoms with Crippen LogP contribution < -0.4 is 16.0 Å². The molecule has 0 atom stereocenters. The van der Waals surface area contributed by atoms with Crippen molar-refractivity contribution < 1.29 is 9.53 Å². The molecule has 2 aliphatic carbocycles. The lowest BCUT2D eigenvalue weighted by Crippen LogP contribution is -2.41. The summed E-state index contributed by atoms with van der Waals surface area (Å²) in [6.45, 7) is 3.02. The standard InChI is InChI=1S/C19H36N4O2/c1-20-19(22-13-7-12-21-18(24)16-8-6-9-16)23-14-15-25-17-10-4-2-3-5-11-17/h16-17H,2-15H2,1H3,(H,21,24)(H2,20,22,23). The monoisotopic (exact) mass is 352 g/mol. The Morgan fingerprint density at radius 2 is 1.60 bits per heavy atom. The van der Waals surface area contributed by atoms with Crippen molar-refractivity contribution in [3.8, 4) is 0 Å². The number of amides is 1. The highest BCUT2D eigenvalue weighted by Crippen LogP contribution is 2.26. The fraction of sp³-hybridized carbons (Fsp3) is 0.895. The van der Waals surface area contributed by atoms with E-state index in [1.165, 1.54) is 44.9 Å². The second-order valence-corrected chi connectivity index (χ2v) is 7.18. The highest BCUT2D eigenvalue weighted by molar-refractivity contribution is 5.80. The van der Waals surface area contributed by atoms with Crippen molar-refractivity contribution in [1.82, 2.24) is 16.0 Å². The number of carbonyl (C=O) groups is 1. The third-order valence-corrected chi connectivity index (χ3v) is 5.20. The average molecular weight is 353 g/mol. The zero-order valence-electron chi connectivity index (χ0n) is 15.8. The summed E-state index contributed by atoms with van der Waals surface area (Å²) in [7, 11) is 1.78. The van der Waals surface area contributed by atoms with Crippen LogP contribution in [0, 0.1) is 5.92 Å². The molecule has 0 bridgehead atoms. The number of nitrogens with zero attached hydrogens (tertiary/aromatic N) is 1. The van der Waals surface area contributed by atoms with Gasteiger partial charge in [0.1, 0.15) is 0 Å². The van der Waals surface area contributed by atoms with E-state index >= 15 is 0 Å². The van der Waals surface area contributed by atoms with Gasteiger partial charge in [0.05, 0.1) is 12.7 Å². The Kier molecular flexibility index (Phi) is 9.70. The van der Waals surface area contributed by atoms with E-state index in [1.54, 1.807) is 7.05 Å². The number of nitrogens with one attached hydrogen (secondary N) is 3. The molecule has 0 aromatic heterocycles. The molecule has 2 rings (SSSR count). The number of hydrogen-bond acceptors (Lipinski definition) is 3. The molecule has 2 saturated carbocycles. The molecule has 0 aromatic rings. The van der Waals surface area contributed by atoms with Crippen molar-refractivity contribution in [1.29, 1.82) is 0 Å². The minimum Gasteiger partial charge on any atom is -0.376 e. The topological polar surface area (TPSA) is 74.8 Å². The molecule has 6 heteroatoms. The van der Waals surface area contributed by atoms with Gasteiger partial charge < -0.3 is 20.7 Å². The maximum Gasteiger partial charge on any atom is 0.223 e. The summed E-state index contributed by atoms with van der Waals surface area (Å²) >= 11 is 0. The fourth-order valence-electron chi connectivity index (χ4n) is 3.35. The molecular weight excluding hydrogens is 316 g/mol. The van der Waals surface area contributed by atoms with Crippen LogP contribution in [-0.2, 0) is 9.53 Å². The molecule has 144 valence electrons. The molecule has 0 saturated heterocycles. The van der Waals surface area contributed by atoms with Gasteiger partial charge in [-0.3, -0.25) is 9.79 Å². The van der Waals surface area contributed by atoms with Crippen molar-refractivity contribution in [3.05, 3.63) is 0 Å². The Morgan fingerprint density at radius 1 is 0.920 bits per heavy atom. The first-order valence-electron chi connectivity index (χ1n) is 10.1. The first-order chi connectivity index (χ1) is 12.3. The van der Waals surface area contributed by atoms with Crippen LogP contribution in [0.2, 0.25) is 0 Å². The summed E-state index contributed by atoms with van der Waals surface area (Å²) in [5, 5.41) is 9.58. The van der Waals surface area contributed by atoms with E-state index in [0.29, 0.717) is 6.10 Å². The predicted octanol–water partition coefficient (Wildman–Crippen LogP) is 2.20. The van der Waals surface area contributed by atoms with Gasteiger partial charge in [-0.25, -0.2) is 0 Å². The van der Waals surface area contributed by atoms with Gasteiger partial charge in [-0.1, -0.05) is 32.1 Å². The zero-order valence-corrected chi connectivity index (χ0v) is 15.8. The molecule has 1 amide bonds. The van der Waals surface area contributed by atoms with Crippen LogP contribution in [0.25, 0.3) is 0 Å². The van der Waals surface area contributed by atoms with E-state index < -0.39 is 0 Å². The summed E-state index contributed by atoms with van der Waals surface area (Å²) in [6, 6.07) is 0. The molecule has 25 heavy (non-hydrogen) atoms. The number of aliphatic imine (C=N–C) groups is 1. The van der Waals surface area contributed by atoms with Crippen LogP contribution in [0.1, 0.15) is 64.2 Å². The van der Waals surface area contributed by atoms with E-state index in [1.807, 2.05) is 0 Å². The van der Waals surface area contributed by atoms with Gasteiger partial charge in [0.2, 0.25) is 5.91 Å². The maximum atomic E-state index is 11.7. The van der Waals surface area contributed by atoms with Crippen molar-refractivity contribution in [2.24, 2.45) is 10.9 Å². The van der Waals surface area contributed by atoms with Crippen LogP contribution in [0.4, 0.5) is 0 Å². The molecule has 2 fully saturated rings. The van der Waals surface area contributed by atoms with Gasteiger partial charge >= 0.3 is 0 Å². The van der Waals surface area contributed by atoms with Crippen molar-refractivity contribution >= 4 is 11.9 Å². The molecule has 0 aromatic carbocycles. The van der Waals surface area contributed by atoms with Crippen LogP contribution in [0.5, 0.6) is 0 Å². The van der Waals surface area contributed by atoms with E-state index in [4.69, 9.17) is 4.74 Å². The summed E-state index contributed by atoms with van der Waals surface area (Å²) in [5.74, 6) is 1.30. The smallest absolute Gasteiger partial charge is 0.223 e. The lowest BCUT2D eigenvalue weighted by molar-refractivity contribution is -0.127. The lowest BCUT2D eigenvalue weighted by atomic mass is 9.85. The molecule has 0 radical (unpaired) electrons. The van der Waals surface area contributed by atoms with Crippen molar-refractivity contribution in [3.63, 3.8) is 0 Å². The van der Waals surface area contributed by atoms with Crippen molar-refractivity contribution in [2.75, 3.05) is 33.3 Å². The molecule has 3 N–H and O–H groups in total. The van der Waals surface area contributed by atoms with Crippen LogP contribution in [0.3, 0.4) is 0 Å². The minimum atomic E-state index is 0.226. The second kappa shape index (κ2) is 12.1. The Morgan fingerprint density at radius 3 is 2.24 bits per heavy atom. The number of carbonyl (C=O) groups excluding carboxylic acids is 1. The van der Waals surface area contributed by atoms with Crippen LogP contribution in [-0.4, -0.2) is 51.3 Å². The van der Waals surface area contributed by atoms with Crippen LogP contribution >= 0.6 is 0 Å². The second-order valence-electron chi connectivity index (χ2n) is 7.18. The number of hydrogen-bond donors (Lipinski definition) is 3. The van der Waals surface area contributed by atoms with Gasteiger partial charge in [0.25, 0.3) is 0 Å². The molecule has 6 nitrogen and oxygen atoms in total. The Balaban J connectivity index is 1.45. The minimum absolute atomic E-state index is 0.226. The van der Waals surface area contributed by atoms with E-state index in [-0.39, 0.29) is 11.8 Å². The average Bonchev–Trinajstić information content (AvgIpc) is 2.83. The maximum absolute atomic E-state index is 11.7. The first kappa shape index (κ1) is 20.0. The summed E-state index contributed by atoms with van der Waals surface area (Å²) < 4.78 is 5.97. The normalized spacial score (nSPS) is 19.8. The van der Waals surface area contributed by atoms with E-state index in [9.17, 15) is 4.79 Å². The largest absolute Gasteiger partial charge is 0.376 e. The third kappa shape index (κ3) is 8.08. The molecule has 0 spiro atoms. The van der Waals surface area contributed by atoms with Gasteiger partial charge in [-0.05, 0) is 32.1 Å². The highest BCUT2D eigenvalue weighted by Gasteiger charge is 2.24. The third-order valence-electron chi connectivity index (χ3n) is 5.20. The van der Waals surface area contributed by atoms with E-state index in [0.717, 1.165) is 51.5 Å². The number of guanidine groups is 1. The Hall–Kier alpha value is -1.30. The lowest BCUT2D eigenvalue weighted by Gasteiger charge is -2.24. The summed E-state index contributed by atoms with van der Waals surface area (Å²) in [6.07, 6.45) is 12.4. The molecule has 0 unspecified atom stereocenters. The quantitative estimate of drug-likeness (QED) is 0.257. The van der Waals surface area contributed by atoms with Crippen molar-refractivity contribution in [2.45, 2.75) is 70.3 Å². The van der Waals surface area contributed by atoms with Gasteiger partial charge in [-0.2, -0.15) is 0 Å². The molecule has 2 aliphatic rings. The predicted molar refractivity (Wildman–Crippen MR) is 102 cm³/mol. The first-order valence-corrected chi connectivity index (χ1v) is 10.1. The summed E-state index contributed by atoms with van der Waals surface area (Å²) in [5.41, 5.74) is 0. The molecule has 0 aliphatic heterocycles. The SMILES string of the molecule is CN=C(NCCCNC(=O)C1CCC1)NCCOC1CCCCCC1. The highest BCUT2D eigenvalue weighted by atomic mass is 16.5. The zero-order chi connectivity index (χ0) is 17.7. The number of ether oxygens (including phenoxy) is 1. The van der Waals surface area contributed by atoms with Crippen LogP contribution in [0.15, 0.2) is 4.99 Å². The Bertz CT molecular complexity index is 402.